The van der Waals surface area contributed by atoms with Gasteiger partial charge in [0.05, 0.1) is 4.90 Å². The normalized spacial score (nSPS) is 17.1. The molecule has 3 heterocycles. The summed E-state index contributed by atoms with van der Waals surface area (Å²) >= 11 is 0. The molecule has 4 rings (SSSR count). The number of nitrogens with one attached hydrogen (secondary N) is 1. The van der Waals surface area contributed by atoms with Crippen molar-refractivity contribution in [1.29, 1.82) is 0 Å². The van der Waals surface area contributed by atoms with Crippen LogP contribution in [0.3, 0.4) is 0 Å². The van der Waals surface area contributed by atoms with E-state index in [4.69, 9.17) is 5.73 Å². The maximum atomic E-state index is 13.7. The summed E-state index contributed by atoms with van der Waals surface area (Å²) in [5.74, 6) is 0.160. The molecule has 1 aliphatic rings. The number of carbonyl (C=O) groups is 1. The van der Waals surface area contributed by atoms with Crippen molar-refractivity contribution in [2.24, 2.45) is 11.7 Å². The molecule has 1 amide bonds. The van der Waals surface area contributed by atoms with Crippen LogP contribution in [0.5, 0.6) is 0 Å². The van der Waals surface area contributed by atoms with Gasteiger partial charge in [0, 0.05) is 43.8 Å². The highest BCUT2D eigenvalue weighted by Crippen LogP contribution is 2.39. The van der Waals surface area contributed by atoms with Crippen molar-refractivity contribution in [3.8, 4) is 0 Å². The summed E-state index contributed by atoms with van der Waals surface area (Å²) < 4.78 is 27.5. The fraction of sp³-hybridized carbons (Fsp3) is 0.346. The van der Waals surface area contributed by atoms with Crippen molar-refractivity contribution in [2.75, 3.05) is 35.8 Å². The fourth-order valence-corrected chi connectivity index (χ4v) is 6.19. The molecule has 10 heteroatoms. The highest BCUT2D eigenvalue weighted by atomic mass is 32.2. The number of benzene rings is 1. The number of hydrogen-bond donors (Lipinski definition) is 2. The number of anilines is 4. The zero-order chi connectivity index (χ0) is 26.3. The van der Waals surface area contributed by atoms with Gasteiger partial charge in [-0.2, -0.15) is 0 Å². The van der Waals surface area contributed by atoms with Crippen molar-refractivity contribution in [3.05, 3.63) is 60.3 Å². The number of aromatic nitrogens is 2. The molecule has 9 nitrogen and oxygen atoms in total. The Morgan fingerprint density at radius 1 is 1.14 bits per heavy atom. The minimum atomic E-state index is -4.18. The van der Waals surface area contributed by atoms with Crippen molar-refractivity contribution in [2.45, 2.75) is 42.7 Å². The van der Waals surface area contributed by atoms with E-state index in [0.29, 0.717) is 18.3 Å². The summed E-state index contributed by atoms with van der Waals surface area (Å²) in [4.78, 5) is 25.1. The average Bonchev–Trinajstić information content (AvgIpc) is 3.10. The fourth-order valence-electron chi connectivity index (χ4n) is 4.79. The minimum absolute atomic E-state index is 0.112. The van der Waals surface area contributed by atoms with Gasteiger partial charge in [0.2, 0.25) is 9.84 Å². The van der Waals surface area contributed by atoms with E-state index in [1.165, 1.54) is 18.3 Å². The zero-order valence-corrected chi connectivity index (χ0v) is 22.0. The molecule has 1 aromatic carbocycles. The Balaban J connectivity index is 1.73. The topological polar surface area (TPSA) is 122 Å². The lowest BCUT2D eigenvalue weighted by Crippen LogP contribution is -2.40. The largest absolute Gasteiger partial charge is 0.378 e. The van der Waals surface area contributed by atoms with Crippen molar-refractivity contribution in [3.63, 3.8) is 0 Å². The Hall–Kier alpha value is -3.66. The lowest BCUT2D eigenvalue weighted by atomic mass is 9.97. The lowest BCUT2D eigenvalue weighted by Gasteiger charge is -2.33. The first-order valence-corrected chi connectivity index (χ1v) is 13.2. The molecule has 1 aliphatic heterocycles. The van der Waals surface area contributed by atoms with Crippen LogP contribution < -0.4 is 20.9 Å². The van der Waals surface area contributed by atoms with Gasteiger partial charge in [0.15, 0.2) is 5.03 Å². The van der Waals surface area contributed by atoms with Gasteiger partial charge in [-0.1, -0.05) is 13.0 Å². The number of rotatable bonds is 7. The number of carbonyl (C=O) groups excluding carboxylic acids is 1. The van der Waals surface area contributed by atoms with Gasteiger partial charge in [-0.3, -0.25) is 4.79 Å². The van der Waals surface area contributed by atoms with E-state index in [1.807, 2.05) is 62.0 Å². The molecule has 0 aliphatic carbocycles. The quantitative estimate of drug-likeness (QED) is 0.494. The average molecular weight is 509 g/mol. The van der Waals surface area contributed by atoms with Gasteiger partial charge in [0.1, 0.15) is 17.2 Å². The third-order valence-corrected chi connectivity index (χ3v) is 8.11. The van der Waals surface area contributed by atoms with Crippen LogP contribution in [0.4, 0.5) is 23.0 Å². The molecule has 190 valence electrons. The van der Waals surface area contributed by atoms with E-state index in [1.54, 1.807) is 12.1 Å². The standard InChI is InChI=1S/C26H32N6O3S/c1-17-15-26(2,3)32(16-17)25-23(24(27)33)20(13-14-28-25)36(34,35)22-8-6-7-21(30-22)29-18-9-11-19(12-10-18)31(4)5/h6-14,17H,15-16H2,1-5H3,(H2,27,33)(H,29,30). The van der Waals surface area contributed by atoms with Crippen LogP contribution in [0.1, 0.15) is 37.6 Å². The van der Waals surface area contributed by atoms with Crippen LogP contribution in [-0.4, -0.2) is 50.5 Å². The summed E-state index contributed by atoms with van der Waals surface area (Å²) in [5.41, 5.74) is 7.12. The molecule has 0 saturated carbocycles. The number of pyridine rings is 2. The molecule has 1 saturated heterocycles. The Labute approximate surface area is 212 Å². The second-order valence-electron chi connectivity index (χ2n) is 10.0. The van der Waals surface area contributed by atoms with Gasteiger partial charge in [-0.15, -0.1) is 0 Å². The van der Waals surface area contributed by atoms with Crippen LogP contribution in [0.25, 0.3) is 0 Å². The molecular weight excluding hydrogens is 476 g/mol. The predicted molar refractivity (Wildman–Crippen MR) is 142 cm³/mol. The first kappa shape index (κ1) is 25.4. The number of nitrogens with two attached hydrogens (primary N) is 1. The lowest BCUT2D eigenvalue weighted by molar-refractivity contribution is 0.0997. The summed E-state index contributed by atoms with van der Waals surface area (Å²) in [6.45, 7) is 6.86. The molecule has 3 N–H and O–H groups in total. The number of hydrogen-bond acceptors (Lipinski definition) is 8. The Morgan fingerprint density at radius 2 is 1.83 bits per heavy atom. The van der Waals surface area contributed by atoms with Crippen molar-refractivity contribution >= 4 is 38.8 Å². The van der Waals surface area contributed by atoms with Gasteiger partial charge in [-0.25, -0.2) is 18.4 Å². The van der Waals surface area contributed by atoms with Crippen LogP contribution >= 0.6 is 0 Å². The molecule has 1 atom stereocenters. The smallest absolute Gasteiger partial charge is 0.253 e. The van der Waals surface area contributed by atoms with Crippen molar-refractivity contribution < 1.29 is 13.2 Å². The summed E-state index contributed by atoms with van der Waals surface area (Å²) in [5, 5.41) is 2.95. The number of nitrogens with zero attached hydrogens (tertiary/aromatic N) is 4. The molecule has 0 bridgehead atoms. The van der Waals surface area contributed by atoms with Crippen LogP contribution in [0, 0.1) is 5.92 Å². The molecule has 0 spiro atoms. The number of sulfone groups is 1. The van der Waals surface area contributed by atoms with Crippen LogP contribution in [-0.2, 0) is 9.84 Å². The highest BCUT2D eigenvalue weighted by Gasteiger charge is 2.40. The maximum Gasteiger partial charge on any atom is 0.253 e. The van der Waals surface area contributed by atoms with E-state index in [-0.39, 0.29) is 26.8 Å². The predicted octanol–water partition coefficient (Wildman–Crippen LogP) is 3.84. The van der Waals surface area contributed by atoms with E-state index >= 15 is 0 Å². The first-order chi connectivity index (χ1) is 16.9. The number of amides is 1. The zero-order valence-electron chi connectivity index (χ0n) is 21.2. The molecular formula is C26H32N6O3S. The molecule has 1 unspecified atom stereocenters. The summed E-state index contributed by atoms with van der Waals surface area (Å²) in [7, 11) is -0.270. The Bertz CT molecular complexity index is 1390. The Kier molecular flexibility index (Phi) is 6.66. The summed E-state index contributed by atoms with van der Waals surface area (Å²) in [6.07, 6.45) is 2.29. The van der Waals surface area contributed by atoms with Crippen LogP contribution in [0.15, 0.2) is 64.6 Å². The van der Waals surface area contributed by atoms with E-state index < -0.39 is 15.7 Å². The third-order valence-electron chi connectivity index (χ3n) is 6.41. The Morgan fingerprint density at radius 3 is 2.42 bits per heavy atom. The highest BCUT2D eigenvalue weighted by molar-refractivity contribution is 7.91. The minimum Gasteiger partial charge on any atom is -0.378 e. The summed E-state index contributed by atoms with van der Waals surface area (Å²) in [6, 6.07) is 13.7. The van der Waals surface area contributed by atoms with E-state index in [0.717, 1.165) is 17.8 Å². The molecule has 3 aromatic rings. The second-order valence-corrected chi connectivity index (χ2v) is 11.9. The van der Waals surface area contributed by atoms with Crippen molar-refractivity contribution in [1.82, 2.24) is 9.97 Å². The monoisotopic (exact) mass is 508 g/mol. The SMILES string of the molecule is CC1CN(c2nccc(S(=O)(=O)c3cccc(Nc4ccc(N(C)C)cc4)n3)c2C(N)=O)C(C)(C)C1. The molecule has 1 fully saturated rings. The van der Waals surface area contributed by atoms with Gasteiger partial charge >= 0.3 is 0 Å². The molecule has 2 aromatic heterocycles. The second kappa shape index (κ2) is 9.42. The number of primary amides is 1. The van der Waals surface area contributed by atoms with Gasteiger partial charge < -0.3 is 20.9 Å². The molecule has 0 radical (unpaired) electrons. The molecule has 36 heavy (non-hydrogen) atoms. The van der Waals surface area contributed by atoms with Crippen LogP contribution in [0.2, 0.25) is 0 Å². The van der Waals surface area contributed by atoms with E-state index in [9.17, 15) is 13.2 Å². The third kappa shape index (κ3) is 4.86. The first-order valence-electron chi connectivity index (χ1n) is 11.7. The maximum absolute atomic E-state index is 13.7. The van der Waals surface area contributed by atoms with E-state index in [2.05, 4.69) is 22.2 Å². The van der Waals surface area contributed by atoms with Gasteiger partial charge in [0.25, 0.3) is 5.91 Å². The van der Waals surface area contributed by atoms with Gasteiger partial charge in [-0.05, 0) is 68.7 Å².